The van der Waals surface area contributed by atoms with Crippen LogP contribution in [0.4, 0.5) is 11.4 Å². The van der Waals surface area contributed by atoms with E-state index in [0.717, 1.165) is 33.6 Å². The van der Waals surface area contributed by atoms with Gasteiger partial charge in [-0.3, -0.25) is 9.98 Å². The summed E-state index contributed by atoms with van der Waals surface area (Å²) in [7, 11) is 4.94. The van der Waals surface area contributed by atoms with E-state index in [9.17, 15) is 4.79 Å². The molecule has 0 amide bonds. The lowest BCUT2D eigenvalue weighted by Crippen LogP contribution is -2.37. The number of benzene rings is 3. The smallest absolute Gasteiger partial charge is 0.345 e. The molecule has 204 valence electrons. The lowest BCUT2D eigenvalue weighted by atomic mass is 10.1. The molecule has 1 aliphatic heterocycles. The first-order valence-corrected chi connectivity index (χ1v) is 13.0. The molecule has 1 aromatic heterocycles. The number of para-hydroxylation sites is 1. The van der Waals surface area contributed by atoms with Crippen molar-refractivity contribution in [1.29, 1.82) is 0 Å². The Morgan fingerprint density at radius 1 is 0.950 bits per heavy atom. The monoisotopic (exact) mass is 537 g/mol. The second-order valence-corrected chi connectivity index (χ2v) is 9.11. The van der Waals surface area contributed by atoms with Gasteiger partial charge in [0.2, 0.25) is 0 Å². The maximum absolute atomic E-state index is 13.1. The number of allylic oxidation sites excluding steroid dienone is 1. The highest BCUT2D eigenvalue weighted by atomic mass is 16.5. The molecule has 8 heteroatoms. The molecule has 3 aromatic carbocycles. The van der Waals surface area contributed by atoms with Gasteiger partial charge in [-0.15, -0.1) is 0 Å². The van der Waals surface area contributed by atoms with Crippen LogP contribution in [0.25, 0.3) is 17.0 Å². The van der Waals surface area contributed by atoms with E-state index < -0.39 is 0 Å². The Balaban J connectivity index is 1.40. The van der Waals surface area contributed by atoms with Gasteiger partial charge in [-0.05, 0) is 65.7 Å². The standard InChI is InChI=1S/C32H31N3O5/c1-33-27(23-9-11-24(12-10-23)34-21-22-8-15-29(37-2)30(20-22)38-3)14-13-26-31(35-16-18-39-19-17-35)25-6-4-5-7-28(25)40-32(26)36/h4-15,20-21H,16-19H2,1-3H3/b14-13+,33-27?,34-21?. The molecule has 5 rings (SSSR count). The summed E-state index contributed by atoms with van der Waals surface area (Å²) in [6.45, 7) is 2.63. The van der Waals surface area contributed by atoms with E-state index in [4.69, 9.17) is 18.6 Å². The fourth-order valence-electron chi connectivity index (χ4n) is 4.69. The van der Waals surface area contributed by atoms with Crippen LogP contribution >= 0.6 is 0 Å². The van der Waals surface area contributed by atoms with Crippen LogP contribution in [-0.4, -0.2) is 59.5 Å². The largest absolute Gasteiger partial charge is 0.493 e. The van der Waals surface area contributed by atoms with Gasteiger partial charge in [0.05, 0.1) is 50.1 Å². The molecule has 1 fully saturated rings. The summed E-state index contributed by atoms with van der Waals surface area (Å²) < 4.78 is 21.9. The molecule has 40 heavy (non-hydrogen) atoms. The second-order valence-electron chi connectivity index (χ2n) is 9.11. The zero-order chi connectivity index (χ0) is 27.9. The van der Waals surface area contributed by atoms with Gasteiger partial charge in [-0.2, -0.15) is 0 Å². The van der Waals surface area contributed by atoms with E-state index in [-0.39, 0.29) is 5.63 Å². The van der Waals surface area contributed by atoms with Gasteiger partial charge in [-0.1, -0.05) is 24.3 Å². The first-order valence-electron chi connectivity index (χ1n) is 13.0. The third kappa shape index (κ3) is 5.82. The van der Waals surface area contributed by atoms with E-state index in [2.05, 4.69) is 14.9 Å². The summed E-state index contributed by atoms with van der Waals surface area (Å²) in [4.78, 5) is 24.3. The van der Waals surface area contributed by atoms with Crippen molar-refractivity contribution in [3.8, 4) is 11.5 Å². The second kappa shape index (κ2) is 12.4. The van der Waals surface area contributed by atoms with E-state index in [1.165, 1.54) is 0 Å². The molecule has 2 heterocycles. The lowest BCUT2D eigenvalue weighted by molar-refractivity contribution is 0.123. The molecular formula is C32H31N3O5. The number of nitrogens with zero attached hydrogens (tertiary/aromatic N) is 3. The number of hydrogen-bond donors (Lipinski definition) is 0. The molecule has 0 atom stereocenters. The molecule has 0 bridgehead atoms. The van der Waals surface area contributed by atoms with Crippen LogP contribution in [0.1, 0.15) is 16.7 Å². The van der Waals surface area contributed by atoms with Crippen LogP contribution in [0.2, 0.25) is 0 Å². The normalized spacial score (nSPS) is 14.4. The number of anilines is 1. The maximum atomic E-state index is 13.1. The first-order chi connectivity index (χ1) is 19.6. The quantitative estimate of drug-likeness (QED) is 0.217. The van der Waals surface area contributed by atoms with Crippen LogP contribution in [0.5, 0.6) is 11.5 Å². The van der Waals surface area contributed by atoms with E-state index >= 15 is 0 Å². The average Bonchev–Trinajstić information content (AvgIpc) is 3.01. The Hall–Kier alpha value is -4.69. The van der Waals surface area contributed by atoms with Crippen molar-refractivity contribution in [3.63, 3.8) is 0 Å². The van der Waals surface area contributed by atoms with Crippen molar-refractivity contribution >= 4 is 40.3 Å². The third-order valence-electron chi connectivity index (χ3n) is 6.73. The van der Waals surface area contributed by atoms with E-state index in [0.29, 0.717) is 48.9 Å². The minimum Gasteiger partial charge on any atom is -0.493 e. The van der Waals surface area contributed by atoms with Crippen LogP contribution in [0.15, 0.2) is 92.0 Å². The molecule has 0 radical (unpaired) electrons. The molecule has 0 unspecified atom stereocenters. The molecule has 1 saturated heterocycles. The number of rotatable bonds is 8. The number of fused-ring (bicyclic) bond motifs is 1. The minimum absolute atomic E-state index is 0.383. The highest BCUT2D eigenvalue weighted by Crippen LogP contribution is 2.31. The zero-order valence-electron chi connectivity index (χ0n) is 22.8. The van der Waals surface area contributed by atoms with Crippen molar-refractivity contribution < 1.29 is 18.6 Å². The number of morpholine rings is 1. The van der Waals surface area contributed by atoms with Crippen LogP contribution < -0.4 is 20.0 Å². The minimum atomic E-state index is -0.383. The van der Waals surface area contributed by atoms with Gasteiger partial charge < -0.3 is 23.5 Å². The van der Waals surface area contributed by atoms with Gasteiger partial charge in [0, 0.05) is 31.7 Å². The Morgan fingerprint density at radius 3 is 2.42 bits per heavy atom. The Kier molecular flexibility index (Phi) is 8.37. The fourth-order valence-corrected chi connectivity index (χ4v) is 4.69. The van der Waals surface area contributed by atoms with Crippen LogP contribution in [0.3, 0.4) is 0 Å². The summed E-state index contributed by atoms with van der Waals surface area (Å²) in [5.74, 6) is 1.32. The topological polar surface area (TPSA) is 85.9 Å². The SMILES string of the molecule is CN=C(/C=C/c1c(N2CCOCC2)c2ccccc2oc1=O)c1ccc(N=Cc2ccc(OC)c(OC)c2)cc1. The van der Waals surface area contributed by atoms with Crippen LogP contribution in [0, 0.1) is 0 Å². The summed E-state index contributed by atoms with van der Waals surface area (Å²) in [6.07, 6.45) is 5.43. The predicted octanol–water partition coefficient (Wildman–Crippen LogP) is 5.53. The van der Waals surface area contributed by atoms with Gasteiger partial charge >= 0.3 is 5.63 Å². The first kappa shape index (κ1) is 26.9. The Morgan fingerprint density at radius 2 is 1.70 bits per heavy atom. The third-order valence-corrected chi connectivity index (χ3v) is 6.73. The number of methoxy groups -OCH3 is 2. The fraction of sp³-hybridized carbons (Fsp3) is 0.219. The molecule has 0 spiro atoms. The Bertz CT molecular complexity index is 1630. The van der Waals surface area contributed by atoms with Gasteiger partial charge in [0.25, 0.3) is 0 Å². The summed E-state index contributed by atoms with van der Waals surface area (Å²) >= 11 is 0. The van der Waals surface area contributed by atoms with Crippen LogP contribution in [-0.2, 0) is 4.74 Å². The van der Waals surface area contributed by atoms with E-state index in [1.54, 1.807) is 33.6 Å². The zero-order valence-corrected chi connectivity index (χ0v) is 22.8. The molecule has 8 nitrogen and oxygen atoms in total. The van der Waals surface area contributed by atoms with Gasteiger partial charge in [-0.25, -0.2) is 4.79 Å². The molecule has 0 saturated carbocycles. The van der Waals surface area contributed by atoms with E-state index in [1.807, 2.05) is 72.8 Å². The van der Waals surface area contributed by atoms with Gasteiger partial charge in [0.1, 0.15) is 5.58 Å². The predicted molar refractivity (Wildman–Crippen MR) is 160 cm³/mol. The van der Waals surface area contributed by atoms with Crippen molar-refractivity contribution in [2.24, 2.45) is 9.98 Å². The Labute approximate surface area is 232 Å². The molecule has 4 aromatic rings. The summed E-state index contributed by atoms with van der Waals surface area (Å²) in [5, 5.41) is 0.898. The summed E-state index contributed by atoms with van der Waals surface area (Å²) in [5.41, 5.74) is 4.87. The van der Waals surface area contributed by atoms with Gasteiger partial charge in [0.15, 0.2) is 11.5 Å². The summed E-state index contributed by atoms with van der Waals surface area (Å²) in [6, 6.07) is 21.0. The molecular weight excluding hydrogens is 506 g/mol. The number of aliphatic imine (C=N–C) groups is 2. The number of ether oxygens (including phenoxy) is 3. The van der Waals surface area contributed by atoms with Crippen molar-refractivity contribution in [1.82, 2.24) is 0 Å². The van der Waals surface area contributed by atoms with Crippen molar-refractivity contribution in [2.45, 2.75) is 0 Å². The molecule has 0 aliphatic carbocycles. The number of hydrogen-bond acceptors (Lipinski definition) is 8. The van der Waals surface area contributed by atoms with Crippen molar-refractivity contribution in [2.75, 3.05) is 52.5 Å². The average molecular weight is 538 g/mol. The highest BCUT2D eigenvalue weighted by molar-refractivity contribution is 6.11. The van der Waals surface area contributed by atoms with Crippen molar-refractivity contribution in [3.05, 3.63) is 99.9 Å². The lowest BCUT2D eigenvalue weighted by Gasteiger charge is -2.30. The maximum Gasteiger partial charge on any atom is 0.345 e. The molecule has 0 N–H and O–H groups in total. The molecule has 1 aliphatic rings. The highest BCUT2D eigenvalue weighted by Gasteiger charge is 2.20.